The van der Waals surface area contributed by atoms with Crippen molar-refractivity contribution in [3.05, 3.63) is 71.8 Å². The van der Waals surface area contributed by atoms with Crippen molar-refractivity contribution in [1.82, 2.24) is 0 Å². The maximum Gasteiger partial charge on any atom is 0.183 e. The topological polar surface area (TPSA) is 35.8 Å². The molecule has 3 aromatic carbocycles. The van der Waals surface area contributed by atoms with Gasteiger partial charge in [-0.05, 0) is 35.0 Å². The molecule has 1 N–H and O–H groups in total. The molecule has 0 aromatic heterocycles. The second-order valence-corrected chi connectivity index (χ2v) is 4.59. The van der Waals surface area contributed by atoms with Gasteiger partial charge < -0.3 is 5.32 Å². The van der Waals surface area contributed by atoms with Crippen molar-refractivity contribution in [2.45, 2.75) is 0 Å². The highest BCUT2D eigenvalue weighted by Crippen LogP contribution is 2.26. The van der Waals surface area contributed by atoms with Crippen molar-refractivity contribution < 1.29 is 8.78 Å². The molecule has 0 radical (unpaired) electrons. The second-order valence-electron chi connectivity index (χ2n) is 4.59. The fourth-order valence-corrected chi connectivity index (χ4v) is 2.15. The summed E-state index contributed by atoms with van der Waals surface area (Å²) < 4.78 is 27.4. The van der Waals surface area contributed by atoms with E-state index in [0.29, 0.717) is 5.69 Å². The average molecular weight is 280 g/mol. The number of rotatable bonds is 2. The molecule has 0 spiro atoms. The van der Waals surface area contributed by atoms with E-state index in [4.69, 9.17) is 5.26 Å². The number of fused-ring (bicyclic) bond motifs is 1. The van der Waals surface area contributed by atoms with Gasteiger partial charge in [-0.1, -0.05) is 30.3 Å². The molecule has 21 heavy (non-hydrogen) atoms. The van der Waals surface area contributed by atoms with Gasteiger partial charge in [-0.3, -0.25) is 0 Å². The average Bonchev–Trinajstić information content (AvgIpc) is 2.52. The molecule has 4 heteroatoms. The standard InChI is InChI=1S/C17H10F2N2/c18-16-13(10-20)6-8-15(17(16)19)21-14-7-5-11-3-1-2-4-12(11)9-14/h1-9,21H. The SMILES string of the molecule is N#Cc1ccc(Nc2ccc3ccccc3c2)c(F)c1F. The first-order chi connectivity index (χ1) is 10.2. The summed E-state index contributed by atoms with van der Waals surface area (Å²) >= 11 is 0. The van der Waals surface area contributed by atoms with Crippen LogP contribution >= 0.6 is 0 Å². The minimum absolute atomic E-state index is 0.00165. The lowest BCUT2D eigenvalue weighted by Crippen LogP contribution is -1.98. The molecule has 0 aliphatic rings. The van der Waals surface area contributed by atoms with Crippen LogP contribution in [-0.4, -0.2) is 0 Å². The van der Waals surface area contributed by atoms with Crippen molar-refractivity contribution >= 4 is 22.1 Å². The fourth-order valence-electron chi connectivity index (χ4n) is 2.15. The summed E-state index contributed by atoms with van der Waals surface area (Å²) in [6.07, 6.45) is 0. The number of nitriles is 1. The Morgan fingerprint density at radius 2 is 1.62 bits per heavy atom. The van der Waals surface area contributed by atoms with E-state index in [1.165, 1.54) is 12.1 Å². The van der Waals surface area contributed by atoms with Crippen LogP contribution in [0.15, 0.2) is 54.6 Å². The summed E-state index contributed by atoms with van der Waals surface area (Å²) in [7, 11) is 0. The second kappa shape index (κ2) is 5.22. The quantitative estimate of drug-likeness (QED) is 0.736. The largest absolute Gasteiger partial charge is 0.353 e. The molecule has 2 nitrogen and oxygen atoms in total. The number of anilines is 2. The minimum Gasteiger partial charge on any atom is -0.353 e. The molecule has 0 saturated heterocycles. The zero-order valence-electron chi connectivity index (χ0n) is 10.9. The van der Waals surface area contributed by atoms with Crippen LogP contribution in [0.4, 0.5) is 20.2 Å². The Bertz CT molecular complexity index is 866. The Labute approximate surface area is 120 Å². The summed E-state index contributed by atoms with van der Waals surface area (Å²) in [5.41, 5.74) is 0.343. The number of nitrogens with zero attached hydrogens (tertiary/aromatic N) is 1. The highest BCUT2D eigenvalue weighted by molar-refractivity contribution is 5.86. The van der Waals surface area contributed by atoms with Crippen LogP contribution in [-0.2, 0) is 0 Å². The molecular weight excluding hydrogens is 270 g/mol. The molecule has 0 aliphatic carbocycles. The van der Waals surface area contributed by atoms with Crippen LogP contribution in [0, 0.1) is 23.0 Å². The van der Waals surface area contributed by atoms with E-state index in [1.807, 2.05) is 36.4 Å². The third-order valence-corrected chi connectivity index (χ3v) is 3.23. The molecule has 0 amide bonds. The highest BCUT2D eigenvalue weighted by Gasteiger charge is 2.13. The first-order valence-electron chi connectivity index (χ1n) is 6.33. The Hall–Kier alpha value is -2.93. The molecule has 0 atom stereocenters. The number of hydrogen-bond donors (Lipinski definition) is 1. The van der Waals surface area contributed by atoms with Gasteiger partial charge in [0.2, 0.25) is 0 Å². The maximum absolute atomic E-state index is 13.9. The van der Waals surface area contributed by atoms with E-state index in [-0.39, 0.29) is 11.3 Å². The van der Waals surface area contributed by atoms with Crippen LogP contribution in [0.5, 0.6) is 0 Å². The van der Waals surface area contributed by atoms with E-state index < -0.39 is 11.6 Å². The van der Waals surface area contributed by atoms with E-state index in [9.17, 15) is 8.78 Å². The van der Waals surface area contributed by atoms with Crippen molar-refractivity contribution in [2.24, 2.45) is 0 Å². The lowest BCUT2D eigenvalue weighted by Gasteiger charge is -2.09. The molecule has 0 saturated carbocycles. The molecule has 102 valence electrons. The molecule has 0 heterocycles. The lowest BCUT2D eigenvalue weighted by atomic mass is 10.1. The summed E-state index contributed by atoms with van der Waals surface area (Å²) in [6.45, 7) is 0. The first-order valence-corrected chi connectivity index (χ1v) is 6.33. The molecular formula is C17H10F2N2. The van der Waals surface area contributed by atoms with Crippen LogP contribution in [0.1, 0.15) is 5.56 Å². The van der Waals surface area contributed by atoms with Gasteiger partial charge in [-0.25, -0.2) is 8.78 Å². The van der Waals surface area contributed by atoms with Crippen molar-refractivity contribution in [1.29, 1.82) is 5.26 Å². The zero-order chi connectivity index (χ0) is 14.8. The number of benzene rings is 3. The van der Waals surface area contributed by atoms with E-state index in [0.717, 1.165) is 10.8 Å². The first kappa shape index (κ1) is 13.1. The van der Waals surface area contributed by atoms with Crippen molar-refractivity contribution in [2.75, 3.05) is 5.32 Å². The van der Waals surface area contributed by atoms with Crippen LogP contribution < -0.4 is 5.32 Å². The number of hydrogen-bond acceptors (Lipinski definition) is 2. The van der Waals surface area contributed by atoms with Gasteiger partial charge in [0.15, 0.2) is 11.6 Å². The van der Waals surface area contributed by atoms with Crippen molar-refractivity contribution in [3.63, 3.8) is 0 Å². The van der Waals surface area contributed by atoms with Gasteiger partial charge in [0.25, 0.3) is 0 Å². The molecule has 0 unspecified atom stereocenters. The van der Waals surface area contributed by atoms with E-state index in [2.05, 4.69) is 5.32 Å². The maximum atomic E-state index is 13.9. The van der Waals surface area contributed by atoms with Crippen LogP contribution in [0.3, 0.4) is 0 Å². The van der Waals surface area contributed by atoms with Gasteiger partial charge in [-0.2, -0.15) is 5.26 Å². The smallest absolute Gasteiger partial charge is 0.183 e. The molecule has 3 aromatic rings. The van der Waals surface area contributed by atoms with Crippen LogP contribution in [0.25, 0.3) is 10.8 Å². The van der Waals surface area contributed by atoms with Gasteiger partial charge >= 0.3 is 0 Å². The summed E-state index contributed by atoms with van der Waals surface area (Å²) in [5.74, 6) is -2.19. The third-order valence-electron chi connectivity index (χ3n) is 3.23. The van der Waals surface area contributed by atoms with Crippen molar-refractivity contribution in [3.8, 4) is 6.07 Å². The van der Waals surface area contributed by atoms with Gasteiger partial charge in [-0.15, -0.1) is 0 Å². The Morgan fingerprint density at radius 3 is 2.38 bits per heavy atom. The molecule has 0 fully saturated rings. The fraction of sp³-hybridized carbons (Fsp3) is 0. The van der Waals surface area contributed by atoms with E-state index in [1.54, 1.807) is 12.1 Å². The Morgan fingerprint density at radius 1 is 0.857 bits per heavy atom. The van der Waals surface area contributed by atoms with Gasteiger partial charge in [0.1, 0.15) is 6.07 Å². The number of halogens is 2. The van der Waals surface area contributed by atoms with E-state index >= 15 is 0 Å². The highest BCUT2D eigenvalue weighted by atomic mass is 19.2. The Balaban J connectivity index is 1.99. The lowest BCUT2D eigenvalue weighted by molar-refractivity contribution is 0.509. The predicted octanol–water partition coefficient (Wildman–Crippen LogP) is 4.73. The third kappa shape index (κ3) is 2.41. The Kier molecular flexibility index (Phi) is 3.25. The zero-order valence-corrected chi connectivity index (χ0v) is 10.9. The number of nitrogens with one attached hydrogen (secondary N) is 1. The molecule has 0 bridgehead atoms. The van der Waals surface area contributed by atoms with Gasteiger partial charge in [0, 0.05) is 5.69 Å². The monoisotopic (exact) mass is 280 g/mol. The molecule has 3 rings (SSSR count). The predicted molar refractivity (Wildman–Crippen MR) is 78.3 cm³/mol. The molecule has 0 aliphatic heterocycles. The van der Waals surface area contributed by atoms with Crippen LogP contribution in [0.2, 0.25) is 0 Å². The minimum atomic E-state index is -1.14. The summed E-state index contributed by atoms with van der Waals surface area (Å²) in [4.78, 5) is 0. The summed E-state index contributed by atoms with van der Waals surface area (Å²) in [6, 6.07) is 17.5. The summed E-state index contributed by atoms with van der Waals surface area (Å²) in [5, 5.41) is 13.6. The normalized spacial score (nSPS) is 10.3. The van der Waals surface area contributed by atoms with Gasteiger partial charge in [0.05, 0.1) is 11.3 Å².